The maximum Gasteiger partial charge on any atom is 0.169 e. The van der Waals surface area contributed by atoms with Gasteiger partial charge in [-0.3, -0.25) is 0 Å². The minimum atomic E-state index is 0.124. The summed E-state index contributed by atoms with van der Waals surface area (Å²) in [4.78, 5) is 0. The monoisotopic (exact) mass is 442 g/mol. The molecule has 4 saturated heterocycles. The van der Waals surface area contributed by atoms with Crippen LogP contribution < -0.4 is 18.9 Å². The zero-order valence-electron chi connectivity index (χ0n) is 17.7. The minimum Gasteiger partial charge on any atom is -0.487 e. The van der Waals surface area contributed by atoms with Gasteiger partial charge >= 0.3 is 0 Å². The third-order valence-corrected chi connectivity index (χ3v) is 5.53. The van der Waals surface area contributed by atoms with Crippen LogP contribution >= 0.6 is 0 Å². The first-order valence-corrected chi connectivity index (χ1v) is 11.1. The molecule has 2 aromatic carbocycles. The summed E-state index contributed by atoms with van der Waals surface area (Å²) in [6.45, 7) is 4.82. The fourth-order valence-corrected chi connectivity index (χ4v) is 3.36. The zero-order chi connectivity index (χ0) is 21.3. The maximum absolute atomic E-state index is 6.21. The quantitative estimate of drug-likeness (QED) is 0.437. The molecule has 4 heterocycles. The molecule has 8 nitrogen and oxygen atoms in total. The lowest BCUT2D eigenvalue weighted by molar-refractivity contribution is 0.226. The summed E-state index contributed by atoms with van der Waals surface area (Å²) in [5.41, 5.74) is 1.75. The van der Waals surface area contributed by atoms with Gasteiger partial charge in [-0.1, -0.05) is 24.3 Å². The van der Waals surface area contributed by atoms with Crippen molar-refractivity contribution in [2.45, 2.75) is 24.4 Å². The molecule has 0 aromatic heterocycles. The molecule has 2 aromatic rings. The standard InChI is InChI=1S/C24H26O8/c1-3-19(23(31-13-17-9-27-17)21(5-1)29-11-15-7-25-15)20-4-2-6-22(30-12-16-8-26-16)24(20)32-14-18-10-28-18/h1-6,15-18H,7-14H2. The van der Waals surface area contributed by atoms with Crippen molar-refractivity contribution in [2.75, 3.05) is 52.9 Å². The van der Waals surface area contributed by atoms with Crippen molar-refractivity contribution in [1.82, 2.24) is 0 Å². The lowest BCUT2D eigenvalue weighted by atomic mass is 10.0. The molecule has 4 unspecified atom stereocenters. The van der Waals surface area contributed by atoms with Crippen LogP contribution in [0.2, 0.25) is 0 Å². The minimum absolute atomic E-state index is 0.124. The van der Waals surface area contributed by atoms with E-state index in [-0.39, 0.29) is 24.4 Å². The highest BCUT2D eigenvalue weighted by molar-refractivity contribution is 5.80. The van der Waals surface area contributed by atoms with Crippen LogP contribution in [0, 0.1) is 0 Å². The lowest BCUT2D eigenvalue weighted by Crippen LogP contribution is -2.11. The van der Waals surface area contributed by atoms with Crippen LogP contribution in [0.25, 0.3) is 11.1 Å². The van der Waals surface area contributed by atoms with Crippen molar-refractivity contribution >= 4 is 0 Å². The Hall–Kier alpha value is -2.52. The van der Waals surface area contributed by atoms with Crippen LogP contribution in [-0.4, -0.2) is 77.3 Å². The molecule has 4 aliphatic heterocycles. The summed E-state index contributed by atoms with van der Waals surface area (Å²) in [6.07, 6.45) is 0.548. The average molecular weight is 442 g/mol. The van der Waals surface area contributed by atoms with Crippen molar-refractivity contribution in [2.24, 2.45) is 0 Å². The van der Waals surface area contributed by atoms with E-state index in [0.29, 0.717) is 49.4 Å². The Bertz CT molecular complexity index is 870. The molecular formula is C24H26O8. The summed E-state index contributed by atoms with van der Waals surface area (Å²) in [7, 11) is 0. The second kappa shape index (κ2) is 8.78. The highest BCUT2D eigenvalue weighted by Gasteiger charge is 2.30. The summed E-state index contributed by atoms with van der Waals surface area (Å²) in [6, 6.07) is 11.8. The van der Waals surface area contributed by atoms with Crippen LogP contribution in [-0.2, 0) is 18.9 Å². The van der Waals surface area contributed by atoms with Gasteiger partial charge < -0.3 is 37.9 Å². The second-order valence-electron chi connectivity index (χ2n) is 8.33. The van der Waals surface area contributed by atoms with Gasteiger partial charge in [-0.05, 0) is 12.1 Å². The largest absolute Gasteiger partial charge is 0.487 e. The molecule has 0 saturated carbocycles. The SMILES string of the molecule is c1cc(OCC2CO2)c(OCC2CO2)c(-c2cccc(OCC3CO3)c2OCC2CO2)c1. The van der Waals surface area contributed by atoms with E-state index in [1.165, 1.54) is 0 Å². The molecule has 32 heavy (non-hydrogen) atoms. The molecule has 0 bridgehead atoms. The Morgan fingerprint density at radius 2 is 0.875 bits per heavy atom. The van der Waals surface area contributed by atoms with Crippen LogP contribution in [0.5, 0.6) is 23.0 Å². The normalized spacial score (nSPS) is 26.9. The summed E-state index contributed by atoms with van der Waals surface area (Å²) < 4.78 is 45.8. The van der Waals surface area contributed by atoms with Crippen molar-refractivity contribution < 1.29 is 37.9 Å². The van der Waals surface area contributed by atoms with E-state index in [9.17, 15) is 0 Å². The fraction of sp³-hybridized carbons (Fsp3) is 0.500. The Morgan fingerprint density at radius 1 is 0.531 bits per heavy atom. The van der Waals surface area contributed by atoms with Gasteiger partial charge in [0.25, 0.3) is 0 Å². The highest BCUT2D eigenvalue weighted by Crippen LogP contribution is 2.46. The Balaban J connectivity index is 1.33. The Labute approximate surface area is 186 Å². The van der Waals surface area contributed by atoms with Crippen molar-refractivity contribution in [3.8, 4) is 34.1 Å². The smallest absolute Gasteiger partial charge is 0.169 e. The molecule has 8 heteroatoms. The molecule has 4 fully saturated rings. The van der Waals surface area contributed by atoms with Gasteiger partial charge in [-0.2, -0.15) is 0 Å². The molecule has 170 valence electrons. The Morgan fingerprint density at radius 3 is 1.22 bits per heavy atom. The summed E-state index contributed by atoms with van der Waals surface area (Å²) in [5, 5.41) is 0. The molecule has 0 aliphatic carbocycles. The van der Waals surface area contributed by atoms with Gasteiger partial charge in [0.05, 0.1) is 26.4 Å². The number of rotatable bonds is 13. The van der Waals surface area contributed by atoms with Gasteiger partial charge in [0.1, 0.15) is 50.8 Å². The number of hydrogen-bond donors (Lipinski definition) is 0. The van der Waals surface area contributed by atoms with Gasteiger partial charge in [-0.15, -0.1) is 0 Å². The zero-order valence-corrected chi connectivity index (χ0v) is 17.7. The van der Waals surface area contributed by atoms with Crippen molar-refractivity contribution in [1.29, 1.82) is 0 Å². The number of benzene rings is 2. The average Bonchev–Trinajstić information content (AvgIpc) is 3.65. The van der Waals surface area contributed by atoms with Gasteiger partial charge in [0.2, 0.25) is 0 Å². The predicted octanol–water partition coefficient (Wildman–Crippen LogP) is 2.46. The predicted molar refractivity (Wildman–Crippen MR) is 113 cm³/mol. The van der Waals surface area contributed by atoms with Gasteiger partial charge in [0, 0.05) is 11.1 Å². The molecule has 4 atom stereocenters. The van der Waals surface area contributed by atoms with E-state index >= 15 is 0 Å². The molecule has 6 rings (SSSR count). The van der Waals surface area contributed by atoms with E-state index in [1.807, 2.05) is 36.4 Å². The molecule has 4 aliphatic rings. The lowest BCUT2D eigenvalue weighted by Gasteiger charge is -2.20. The number of hydrogen-bond acceptors (Lipinski definition) is 8. The van der Waals surface area contributed by atoms with Crippen LogP contribution in [0.15, 0.2) is 36.4 Å². The third kappa shape index (κ3) is 5.10. The molecular weight excluding hydrogens is 416 g/mol. The van der Waals surface area contributed by atoms with Crippen molar-refractivity contribution in [3.63, 3.8) is 0 Å². The first-order chi connectivity index (χ1) is 15.8. The van der Waals surface area contributed by atoms with E-state index < -0.39 is 0 Å². The fourth-order valence-electron chi connectivity index (χ4n) is 3.36. The van der Waals surface area contributed by atoms with Gasteiger partial charge in [0.15, 0.2) is 23.0 Å². The van der Waals surface area contributed by atoms with E-state index in [4.69, 9.17) is 37.9 Å². The van der Waals surface area contributed by atoms with Crippen molar-refractivity contribution in [3.05, 3.63) is 36.4 Å². The highest BCUT2D eigenvalue weighted by atomic mass is 16.6. The van der Waals surface area contributed by atoms with E-state index in [2.05, 4.69) is 0 Å². The molecule has 0 spiro atoms. The van der Waals surface area contributed by atoms with Gasteiger partial charge in [-0.25, -0.2) is 0 Å². The topological polar surface area (TPSA) is 87.0 Å². The molecule has 0 amide bonds. The first-order valence-electron chi connectivity index (χ1n) is 11.1. The summed E-state index contributed by atoms with van der Waals surface area (Å²) in [5.74, 6) is 2.68. The van der Waals surface area contributed by atoms with Crippen LogP contribution in [0.1, 0.15) is 0 Å². The second-order valence-corrected chi connectivity index (χ2v) is 8.33. The third-order valence-electron chi connectivity index (χ3n) is 5.53. The molecule has 0 N–H and O–H groups in total. The number of ether oxygens (including phenoxy) is 8. The summed E-state index contributed by atoms with van der Waals surface area (Å²) >= 11 is 0. The van der Waals surface area contributed by atoms with E-state index in [0.717, 1.165) is 37.6 Å². The first kappa shape index (κ1) is 20.1. The number of epoxide rings is 4. The maximum atomic E-state index is 6.21. The molecule has 0 radical (unpaired) electrons. The Kier molecular flexibility index (Phi) is 5.52. The van der Waals surface area contributed by atoms with Crippen LogP contribution in [0.3, 0.4) is 0 Å². The number of para-hydroxylation sites is 2. The van der Waals surface area contributed by atoms with Crippen LogP contribution in [0.4, 0.5) is 0 Å². The van der Waals surface area contributed by atoms with E-state index in [1.54, 1.807) is 0 Å².